The number of pyridine rings is 1. The summed E-state index contributed by atoms with van der Waals surface area (Å²) in [7, 11) is 1.76. The first kappa shape index (κ1) is 14.1. The van der Waals surface area contributed by atoms with Gasteiger partial charge in [0.15, 0.2) is 0 Å². The van der Waals surface area contributed by atoms with E-state index in [1.807, 2.05) is 4.90 Å². The van der Waals surface area contributed by atoms with Crippen molar-refractivity contribution in [3.8, 4) is 0 Å². The summed E-state index contributed by atoms with van der Waals surface area (Å²) >= 11 is 6.08. The Kier molecular flexibility index (Phi) is 4.64. The number of nitrogens with one attached hydrogen (secondary N) is 1. The Labute approximate surface area is 119 Å². The smallest absolute Gasteiger partial charge is 0.255 e. The maximum Gasteiger partial charge on any atom is 0.255 e. The standard InChI is InChI=1S/C14H20ClN3O/c1-3-4-7-18(11-5-6-11)14(19)10-8-12(15)13(16-2)17-9-10/h8-9,11H,3-7H2,1-2H3,(H,16,17). The van der Waals surface area contributed by atoms with E-state index in [0.29, 0.717) is 22.4 Å². The second-order valence-electron chi connectivity index (χ2n) is 4.89. The Bertz CT molecular complexity index is 460. The van der Waals surface area contributed by atoms with Gasteiger partial charge >= 0.3 is 0 Å². The molecular formula is C14H20ClN3O. The molecule has 104 valence electrons. The largest absolute Gasteiger partial charge is 0.372 e. The van der Waals surface area contributed by atoms with E-state index in [2.05, 4.69) is 17.2 Å². The highest BCUT2D eigenvalue weighted by molar-refractivity contribution is 6.33. The fraction of sp³-hybridized carbons (Fsp3) is 0.571. The first-order chi connectivity index (χ1) is 9.17. The van der Waals surface area contributed by atoms with E-state index < -0.39 is 0 Å². The molecule has 0 aliphatic heterocycles. The van der Waals surface area contributed by atoms with Crippen molar-refractivity contribution in [2.45, 2.75) is 38.6 Å². The Hall–Kier alpha value is -1.29. The number of halogens is 1. The van der Waals surface area contributed by atoms with Gasteiger partial charge in [-0.2, -0.15) is 0 Å². The fourth-order valence-electron chi connectivity index (χ4n) is 2.07. The molecule has 1 heterocycles. The Morgan fingerprint density at radius 3 is 2.84 bits per heavy atom. The lowest BCUT2D eigenvalue weighted by Gasteiger charge is -2.22. The summed E-state index contributed by atoms with van der Waals surface area (Å²) in [4.78, 5) is 18.6. The summed E-state index contributed by atoms with van der Waals surface area (Å²) < 4.78 is 0. The Morgan fingerprint density at radius 2 is 2.32 bits per heavy atom. The minimum Gasteiger partial charge on any atom is -0.372 e. The molecule has 0 atom stereocenters. The lowest BCUT2D eigenvalue weighted by molar-refractivity contribution is 0.0740. The topological polar surface area (TPSA) is 45.2 Å². The zero-order chi connectivity index (χ0) is 13.8. The molecular weight excluding hydrogens is 262 g/mol. The second kappa shape index (κ2) is 6.24. The molecule has 1 aromatic heterocycles. The van der Waals surface area contributed by atoms with Crippen molar-refractivity contribution in [3.05, 3.63) is 22.8 Å². The molecule has 1 aromatic rings. The number of rotatable bonds is 6. The van der Waals surface area contributed by atoms with E-state index >= 15 is 0 Å². The van der Waals surface area contributed by atoms with Crippen LogP contribution in [0.5, 0.6) is 0 Å². The fourth-order valence-corrected chi connectivity index (χ4v) is 2.33. The van der Waals surface area contributed by atoms with Crippen LogP contribution >= 0.6 is 11.6 Å². The summed E-state index contributed by atoms with van der Waals surface area (Å²) in [6.07, 6.45) is 5.96. The lowest BCUT2D eigenvalue weighted by Crippen LogP contribution is -2.34. The number of unbranched alkanes of at least 4 members (excludes halogenated alkanes) is 1. The van der Waals surface area contributed by atoms with Crippen molar-refractivity contribution in [2.24, 2.45) is 0 Å². The summed E-state index contributed by atoms with van der Waals surface area (Å²) in [5, 5.41) is 3.38. The van der Waals surface area contributed by atoms with Crippen LogP contribution in [-0.2, 0) is 0 Å². The highest BCUT2D eigenvalue weighted by Crippen LogP contribution is 2.29. The van der Waals surface area contributed by atoms with Crippen LogP contribution in [0.2, 0.25) is 5.02 Å². The molecule has 0 spiro atoms. The van der Waals surface area contributed by atoms with E-state index in [1.165, 1.54) is 0 Å². The highest BCUT2D eigenvalue weighted by atomic mass is 35.5. The molecule has 0 unspecified atom stereocenters. The zero-order valence-electron chi connectivity index (χ0n) is 11.4. The normalized spacial score (nSPS) is 14.3. The van der Waals surface area contributed by atoms with Crippen molar-refractivity contribution in [1.82, 2.24) is 9.88 Å². The predicted molar refractivity (Wildman–Crippen MR) is 77.8 cm³/mol. The number of anilines is 1. The van der Waals surface area contributed by atoms with Crippen molar-refractivity contribution in [2.75, 3.05) is 18.9 Å². The van der Waals surface area contributed by atoms with Crippen LogP contribution in [0.25, 0.3) is 0 Å². The van der Waals surface area contributed by atoms with Gasteiger partial charge in [-0.25, -0.2) is 4.98 Å². The molecule has 1 amide bonds. The molecule has 0 aromatic carbocycles. The van der Waals surface area contributed by atoms with Gasteiger partial charge in [0.1, 0.15) is 5.82 Å². The van der Waals surface area contributed by atoms with Gasteiger partial charge in [-0.3, -0.25) is 4.79 Å². The average Bonchev–Trinajstić information content (AvgIpc) is 3.23. The van der Waals surface area contributed by atoms with Crippen molar-refractivity contribution in [3.63, 3.8) is 0 Å². The monoisotopic (exact) mass is 281 g/mol. The third-order valence-electron chi connectivity index (χ3n) is 3.33. The summed E-state index contributed by atoms with van der Waals surface area (Å²) in [6, 6.07) is 2.12. The van der Waals surface area contributed by atoms with E-state index in [0.717, 1.165) is 32.2 Å². The van der Waals surface area contributed by atoms with Gasteiger partial charge in [-0.15, -0.1) is 0 Å². The molecule has 0 bridgehead atoms. The minimum atomic E-state index is 0.0491. The van der Waals surface area contributed by atoms with Crippen LogP contribution in [0, 0.1) is 0 Å². The molecule has 1 N–H and O–H groups in total. The van der Waals surface area contributed by atoms with Gasteiger partial charge in [0.25, 0.3) is 5.91 Å². The number of amides is 1. The van der Waals surface area contributed by atoms with Gasteiger partial charge in [0.2, 0.25) is 0 Å². The van der Waals surface area contributed by atoms with Gasteiger partial charge in [-0.05, 0) is 25.3 Å². The number of carbonyl (C=O) groups excluding carboxylic acids is 1. The number of hydrogen-bond acceptors (Lipinski definition) is 3. The quantitative estimate of drug-likeness (QED) is 0.871. The van der Waals surface area contributed by atoms with E-state index in [9.17, 15) is 4.79 Å². The third-order valence-corrected chi connectivity index (χ3v) is 3.61. The Morgan fingerprint density at radius 1 is 1.58 bits per heavy atom. The summed E-state index contributed by atoms with van der Waals surface area (Å²) in [5.74, 6) is 0.651. The van der Waals surface area contributed by atoms with Gasteiger partial charge < -0.3 is 10.2 Å². The van der Waals surface area contributed by atoms with Crippen LogP contribution in [0.3, 0.4) is 0 Å². The van der Waals surface area contributed by atoms with E-state index in [4.69, 9.17) is 11.6 Å². The number of hydrogen-bond donors (Lipinski definition) is 1. The maximum absolute atomic E-state index is 12.5. The summed E-state index contributed by atoms with van der Waals surface area (Å²) in [5.41, 5.74) is 0.576. The third kappa shape index (κ3) is 3.38. The SMILES string of the molecule is CCCCN(C(=O)c1cnc(NC)c(Cl)c1)C1CC1. The van der Waals surface area contributed by atoms with Gasteiger partial charge in [0, 0.05) is 25.8 Å². The molecule has 0 radical (unpaired) electrons. The zero-order valence-corrected chi connectivity index (χ0v) is 12.2. The van der Waals surface area contributed by atoms with Crippen molar-refractivity contribution >= 4 is 23.3 Å². The maximum atomic E-state index is 12.5. The molecule has 2 rings (SSSR count). The van der Waals surface area contributed by atoms with E-state index in [-0.39, 0.29) is 5.91 Å². The molecule has 1 aliphatic carbocycles. The van der Waals surface area contributed by atoms with Crippen molar-refractivity contribution < 1.29 is 4.79 Å². The first-order valence-corrected chi connectivity index (χ1v) is 7.19. The first-order valence-electron chi connectivity index (χ1n) is 6.81. The van der Waals surface area contributed by atoms with Gasteiger partial charge in [0.05, 0.1) is 10.6 Å². The molecule has 19 heavy (non-hydrogen) atoms. The number of nitrogens with zero attached hydrogens (tertiary/aromatic N) is 2. The molecule has 0 saturated heterocycles. The molecule has 1 saturated carbocycles. The minimum absolute atomic E-state index is 0.0491. The number of aromatic nitrogens is 1. The predicted octanol–water partition coefficient (Wildman–Crippen LogP) is 3.18. The number of carbonyl (C=O) groups is 1. The summed E-state index contributed by atoms with van der Waals surface area (Å²) in [6.45, 7) is 2.96. The highest BCUT2D eigenvalue weighted by Gasteiger charge is 2.32. The molecule has 1 fully saturated rings. The Balaban J connectivity index is 2.14. The van der Waals surface area contributed by atoms with Crippen LogP contribution < -0.4 is 5.32 Å². The molecule has 1 aliphatic rings. The molecule has 4 nitrogen and oxygen atoms in total. The van der Waals surface area contributed by atoms with Crippen LogP contribution in [0.15, 0.2) is 12.3 Å². The lowest BCUT2D eigenvalue weighted by atomic mass is 10.2. The van der Waals surface area contributed by atoms with Crippen LogP contribution in [0.1, 0.15) is 43.0 Å². The van der Waals surface area contributed by atoms with E-state index in [1.54, 1.807) is 19.3 Å². The second-order valence-corrected chi connectivity index (χ2v) is 5.29. The van der Waals surface area contributed by atoms with Gasteiger partial charge in [-0.1, -0.05) is 24.9 Å². The van der Waals surface area contributed by atoms with Crippen LogP contribution in [-0.4, -0.2) is 35.4 Å². The van der Waals surface area contributed by atoms with Crippen LogP contribution in [0.4, 0.5) is 5.82 Å². The molecule has 5 heteroatoms. The van der Waals surface area contributed by atoms with Crippen molar-refractivity contribution in [1.29, 1.82) is 0 Å². The average molecular weight is 282 g/mol.